The van der Waals surface area contributed by atoms with E-state index in [2.05, 4.69) is 5.32 Å². The van der Waals surface area contributed by atoms with Crippen LogP contribution in [-0.4, -0.2) is 13.0 Å². The van der Waals surface area contributed by atoms with Gasteiger partial charge in [-0.05, 0) is 18.2 Å². The number of nitrogens with one attached hydrogen (secondary N) is 1. The van der Waals surface area contributed by atoms with Crippen LogP contribution >= 0.6 is 0 Å². The number of carbonyl (C=O) groups is 1. The molecule has 1 amide bonds. The molecule has 0 fully saturated rings. The maximum absolute atomic E-state index is 13.8. The van der Waals surface area contributed by atoms with Gasteiger partial charge < -0.3 is 15.8 Å². The van der Waals surface area contributed by atoms with Gasteiger partial charge in [0.25, 0.3) is 0 Å². The predicted molar refractivity (Wildman–Crippen MR) is 75.0 cm³/mol. The highest BCUT2D eigenvalue weighted by Crippen LogP contribution is 2.28. The number of amides is 1. The summed E-state index contributed by atoms with van der Waals surface area (Å²) in [6, 6.07) is 12.1. The van der Waals surface area contributed by atoms with Crippen molar-refractivity contribution >= 4 is 11.6 Å². The lowest BCUT2D eigenvalue weighted by Crippen LogP contribution is -2.28. The lowest BCUT2D eigenvalue weighted by atomic mass is 10.1. The van der Waals surface area contributed by atoms with Gasteiger partial charge in [-0.3, -0.25) is 4.79 Å². The minimum atomic E-state index is -0.965. The molecule has 2 aromatic carbocycles. The number of nitrogens with two attached hydrogens (primary N) is 1. The van der Waals surface area contributed by atoms with E-state index in [0.29, 0.717) is 11.4 Å². The topological polar surface area (TPSA) is 64.3 Å². The highest BCUT2D eigenvalue weighted by molar-refractivity contribution is 5.85. The molecular weight excluding hydrogens is 259 g/mol. The second-order valence-corrected chi connectivity index (χ2v) is 4.20. The molecule has 2 aromatic rings. The van der Waals surface area contributed by atoms with Crippen molar-refractivity contribution in [3.63, 3.8) is 0 Å². The van der Waals surface area contributed by atoms with Gasteiger partial charge in [0.2, 0.25) is 5.91 Å². The zero-order valence-corrected chi connectivity index (χ0v) is 11.0. The monoisotopic (exact) mass is 274 g/mol. The molecule has 0 saturated carbocycles. The molecule has 20 heavy (non-hydrogen) atoms. The van der Waals surface area contributed by atoms with Crippen LogP contribution in [0.25, 0.3) is 0 Å². The Hall–Kier alpha value is -2.56. The summed E-state index contributed by atoms with van der Waals surface area (Å²) in [7, 11) is 1.52. The van der Waals surface area contributed by atoms with E-state index in [0.717, 1.165) is 0 Å². The number of ether oxygens (including phenoxy) is 1. The average molecular weight is 274 g/mol. The smallest absolute Gasteiger partial charge is 0.244 e. The van der Waals surface area contributed by atoms with Crippen molar-refractivity contribution in [1.29, 1.82) is 0 Å². The van der Waals surface area contributed by atoms with Crippen molar-refractivity contribution in [2.75, 3.05) is 12.4 Å². The summed E-state index contributed by atoms with van der Waals surface area (Å²) in [4.78, 5) is 11.6. The van der Waals surface area contributed by atoms with Crippen molar-refractivity contribution in [3.8, 4) is 5.75 Å². The van der Waals surface area contributed by atoms with Gasteiger partial charge >= 0.3 is 0 Å². The first-order valence-corrected chi connectivity index (χ1v) is 6.06. The van der Waals surface area contributed by atoms with Crippen LogP contribution in [0.3, 0.4) is 0 Å². The van der Waals surface area contributed by atoms with Gasteiger partial charge in [-0.25, -0.2) is 4.39 Å². The minimum absolute atomic E-state index is 0.200. The number of hydrogen-bond donors (Lipinski definition) is 2. The van der Waals surface area contributed by atoms with E-state index in [1.54, 1.807) is 36.4 Å². The van der Waals surface area contributed by atoms with Crippen LogP contribution in [0, 0.1) is 5.82 Å². The SMILES string of the molecule is COc1ccccc1NC(C(N)=O)c1ccccc1F. The van der Waals surface area contributed by atoms with Crippen LogP contribution in [0.4, 0.5) is 10.1 Å². The summed E-state index contributed by atoms with van der Waals surface area (Å²) in [5.74, 6) is -0.602. The third-order valence-electron chi connectivity index (χ3n) is 2.91. The van der Waals surface area contributed by atoms with Gasteiger partial charge in [0.1, 0.15) is 17.6 Å². The first kappa shape index (κ1) is 13.9. The van der Waals surface area contributed by atoms with E-state index < -0.39 is 17.8 Å². The summed E-state index contributed by atoms with van der Waals surface area (Å²) in [6.45, 7) is 0. The summed E-state index contributed by atoms with van der Waals surface area (Å²) in [6.07, 6.45) is 0. The van der Waals surface area contributed by atoms with E-state index in [1.807, 2.05) is 0 Å². The van der Waals surface area contributed by atoms with Gasteiger partial charge in [-0.2, -0.15) is 0 Å². The predicted octanol–water partition coefficient (Wildman–Crippen LogP) is 2.47. The van der Waals surface area contributed by atoms with Gasteiger partial charge in [0.15, 0.2) is 0 Å². The molecule has 0 heterocycles. The fraction of sp³-hybridized carbons (Fsp3) is 0.133. The molecule has 0 bridgehead atoms. The molecular formula is C15H15FN2O2. The Morgan fingerprint density at radius 2 is 1.85 bits per heavy atom. The molecule has 0 saturated heterocycles. The number of rotatable bonds is 5. The number of para-hydroxylation sites is 2. The number of methoxy groups -OCH3 is 1. The van der Waals surface area contributed by atoms with E-state index in [4.69, 9.17) is 10.5 Å². The number of primary amides is 1. The number of benzene rings is 2. The summed E-state index contributed by atoms with van der Waals surface area (Å²) in [5.41, 5.74) is 6.14. The Morgan fingerprint density at radius 3 is 2.50 bits per heavy atom. The van der Waals surface area contributed by atoms with Gasteiger partial charge in [0.05, 0.1) is 12.8 Å². The lowest BCUT2D eigenvalue weighted by molar-refractivity contribution is -0.118. The zero-order valence-electron chi connectivity index (χ0n) is 11.0. The standard InChI is InChI=1S/C15H15FN2O2/c1-20-13-9-5-4-8-12(13)18-14(15(17)19)10-6-2-3-7-11(10)16/h2-9,14,18H,1H3,(H2,17,19). The van der Waals surface area contributed by atoms with Crippen LogP contribution in [0.1, 0.15) is 11.6 Å². The second-order valence-electron chi connectivity index (χ2n) is 4.20. The molecule has 1 unspecified atom stereocenters. The van der Waals surface area contributed by atoms with Crippen LogP contribution in [-0.2, 0) is 4.79 Å². The van der Waals surface area contributed by atoms with E-state index in [-0.39, 0.29) is 5.56 Å². The van der Waals surface area contributed by atoms with Crippen molar-refractivity contribution in [2.24, 2.45) is 5.73 Å². The van der Waals surface area contributed by atoms with Crippen LogP contribution in [0.2, 0.25) is 0 Å². The summed E-state index contributed by atoms with van der Waals surface area (Å²) in [5, 5.41) is 2.92. The maximum Gasteiger partial charge on any atom is 0.244 e. The van der Waals surface area contributed by atoms with E-state index >= 15 is 0 Å². The Morgan fingerprint density at radius 1 is 1.20 bits per heavy atom. The van der Waals surface area contributed by atoms with Crippen molar-refractivity contribution in [2.45, 2.75) is 6.04 Å². The first-order valence-electron chi connectivity index (χ1n) is 6.06. The third-order valence-corrected chi connectivity index (χ3v) is 2.91. The molecule has 0 aliphatic heterocycles. The third kappa shape index (κ3) is 2.88. The highest BCUT2D eigenvalue weighted by atomic mass is 19.1. The molecule has 2 rings (SSSR count). The van der Waals surface area contributed by atoms with Crippen molar-refractivity contribution in [3.05, 3.63) is 59.9 Å². The molecule has 3 N–H and O–H groups in total. The molecule has 0 aromatic heterocycles. The number of halogens is 1. The Balaban J connectivity index is 2.36. The normalized spacial score (nSPS) is 11.7. The molecule has 0 aliphatic rings. The average Bonchev–Trinajstić information content (AvgIpc) is 2.46. The van der Waals surface area contributed by atoms with Crippen molar-refractivity contribution < 1.29 is 13.9 Å². The molecule has 104 valence electrons. The largest absolute Gasteiger partial charge is 0.495 e. The summed E-state index contributed by atoms with van der Waals surface area (Å²) < 4.78 is 19.0. The molecule has 1 atom stereocenters. The minimum Gasteiger partial charge on any atom is -0.495 e. The van der Waals surface area contributed by atoms with Gasteiger partial charge in [0, 0.05) is 5.56 Å². The summed E-state index contributed by atoms with van der Waals surface area (Å²) >= 11 is 0. The van der Waals surface area contributed by atoms with E-state index in [1.165, 1.54) is 19.2 Å². The quantitative estimate of drug-likeness (QED) is 0.880. The Bertz CT molecular complexity index is 616. The van der Waals surface area contributed by atoms with E-state index in [9.17, 15) is 9.18 Å². The molecule has 0 spiro atoms. The number of carbonyl (C=O) groups excluding carboxylic acids is 1. The molecule has 5 heteroatoms. The van der Waals surface area contributed by atoms with Crippen LogP contribution < -0.4 is 15.8 Å². The second kappa shape index (κ2) is 6.06. The zero-order chi connectivity index (χ0) is 14.5. The number of hydrogen-bond acceptors (Lipinski definition) is 3. The first-order chi connectivity index (χ1) is 9.63. The molecule has 0 aliphatic carbocycles. The van der Waals surface area contributed by atoms with Crippen LogP contribution in [0.15, 0.2) is 48.5 Å². The fourth-order valence-corrected chi connectivity index (χ4v) is 1.93. The maximum atomic E-state index is 13.8. The fourth-order valence-electron chi connectivity index (χ4n) is 1.93. The van der Waals surface area contributed by atoms with Gasteiger partial charge in [-0.15, -0.1) is 0 Å². The molecule has 0 radical (unpaired) electrons. The van der Waals surface area contributed by atoms with Crippen molar-refractivity contribution in [1.82, 2.24) is 0 Å². The Labute approximate surface area is 116 Å². The Kier molecular flexibility index (Phi) is 4.20. The van der Waals surface area contributed by atoms with Crippen LogP contribution in [0.5, 0.6) is 5.75 Å². The van der Waals surface area contributed by atoms with Gasteiger partial charge in [-0.1, -0.05) is 30.3 Å². The highest BCUT2D eigenvalue weighted by Gasteiger charge is 2.21. The number of anilines is 1. The lowest BCUT2D eigenvalue weighted by Gasteiger charge is -2.19. The molecule has 4 nitrogen and oxygen atoms in total.